The van der Waals surface area contributed by atoms with Crippen molar-refractivity contribution in [3.05, 3.63) is 23.8 Å². The summed E-state index contributed by atoms with van der Waals surface area (Å²) >= 11 is 0. The van der Waals surface area contributed by atoms with Gasteiger partial charge < -0.3 is 38.5 Å². The number of carbonyl (C=O) groups excluding carboxylic acids is 4. The summed E-state index contributed by atoms with van der Waals surface area (Å²) in [5.74, 6) is -0.546. The van der Waals surface area contributed by atoms with E-state index >= 15 is 0 Å². The Balaban J connectivity index is 2.79. The van der Waals surface area contributed by atoms with Gasteiger partial charge in [-0.15, -0.1) is 0 Å². The monoisotopic (exact) mass is 485 g/mol. The molecule has 0 fully saturated rings. The van der Waals surface area contributed by atoms with Crippen molar-refractivity contribution in [2.45, 2.75) is 32.7 Å². The van der Waals surface area contributed by atoms with Crippen LogP contribution in [0.2, 0.25) is 0 Å². The molecular weight excluding hydrogens is 454 g/mol. The number of nitrogens with one attached hydrogen (secondary N) is 1. The van der Waals surface area contributed by atoms with E-state index in [1.807, 2.05) is 13.8 Å². The van der Waals surface area contributed by atoms with Crippen molar-refractivity contribution in [1.29, 1.82) is 0 Å². The zero-order valence-corrected chi connectivity index (χ0v) is 19.9. The van der Waals surface area contributed by atoms with Gasteiger partial charge in [0.05, 0.1) is 27.9 Å². The largest absolute Gasteiger partial charge is 0.513 e. The third kappa shape index (κ3) is 10.4. The Bertz CT molecular complexity index is 827. The van der Waals surface area contributed by atoms with Crippen LogP contribution in [-0.2, 0) is 34.9 Å². The van der Waals surface area contributed by atoms with Gasteiger partial charge in [0.15, 0.2) is 11.5 Å². The Morgan fingerprint density at radius 2 is 1.53 bits per heavy atom. The van der Waals surface area contributed by atoms with Gasteiger partial charge in [-0.2, -0.15) is 0 Å². The molecule has 0 aliphatic carbocycles. The number of ether oxygens (including phenoxy) is 7. The maximum Gasteiger partial charge on any atom is 0.513 e. The molecule has 0 saturated heterocycles. The Kier molecular flexibility index (Phi) is 12.8. The molecule has 0 bridgehead atoms. The van der Waals surface area contributed by atoms with Crippen molar-refractivity contribution >= 4 is 24.4 Å². The predicted octanol–water partition coefficient (Wildman–Crippen LogP) is 2.85. The molecule has 0 aliphatic heterocycles. The number of benzene rings is 1. The molecule has 1 unspecified atom stereocenters. The van der Waals surface area contributed by atoms with Crippen molar-refractivity contribution in [2.24, 2.45) is 5.92 Å². The van der Waals surface area contributed by atoms with Crippen LogP contribution in [0.15, 0.2) is 18.2 Å². The van der Waals surface area contributed by atoms with Crippen LogP contribution in [0, 0.1) is 5.92 Å². The van der Waals surface area contributed by atoms with Crippen molar-refractivity contribution in [2.75, 3.05) is 41.1 Å². The van der Waals surface area contributed by atoms with Crippen LogP contribution in [0.4, 0.5) is 14.4 Å². The second-order valence-electron chi connectivity index (χ2n) is 7.05. The van der Waals surface area contributed by atoms with E-state index in [0.29, 0.717) is 5.56 Å². The van der Waals surface area contributed by atoms with Gasteiger partial charge in [-0.3, -0.25) is 4.79 Å². The quantitative estimate of drug-likeness (QED) is 0.201. The number of hydrogen-bond acceptors (Lipinski definition) is 12. The van der Waals surface area contributed by atoms with Gasteiger partial charge in [0.2, 0.25) is 0 Å². The first-order valence-electron chi connectivity index (χ1n) is 10.5. The zero-order chi connectivity index (χ0) is 25.5. The smallest absolute Gasteiger partial charge is 0.468 e. The van der Waals surface area contributed by atoms with Gasteiger partial charge in [0.25, 0.3) is 0 Å². The first-order valence-corrected chi connectivity index (χ1v) is 10.5. The fourth-order valence-corrected chi connectivity index (χ4v) is 2.46. The van der Waals surface area contributed by atoms with E-state index in [-0.39, 0.29) is 43.6 Å². The first-order chi connectivity index (χ1) is 16.2. The van der Waals surface area contributed by atoms with E-state index in [4.69, 9.17) is 23.7 Å². The van der Waals surface area contributed by atoms with Gasteiger partial charge in [0.1, 0.15) is 12.6 Å². The number of carbonyl (C=O) groups is 4. The maximum atomic E-state index is 12.2. The highest BCUT2D eigenvalue weighted by atomic mass is 16.7. The van der Waals surface area contributed by atoms with Crippen molar-refractivity contribution in [3.63, 3.8) is 0 Å². The van der Waals surface area contributed by atoms with Crippen LogP contribution < -0.4 is 14.8 Å². The second kappa shape index (κ2) is 15.3. The van der Waals surface area contributed by atoms with Gasteiger partial charge in [-0.05, 0) is 30.0 Å². The summed E-state index contributed by atoms with van der Waals surface area (Å²) in [6.07, 6.45) is -1.85. The third-order valence-corrected chi connectivity index (χ3v) is 4.55. The van der Waals surface area contributed by atoms with Crippen molar-refractivity contribution in [1.82, 2.24) is 5.32 Å². The molecule has 0 radical (unpaired) electrons. The summed E-state index contributed by atoms with van der Waals surface area (Å²) in [7, 11) is 3.48. The summed E-state index contributed by atoms with van der Waals surface area (Å²) in [5.41, 5.74) is 0.535. The van der Waals surface area contributed by atoms with Crippen LogP contribution in [0.25, 0.3) is 0 Å². The van der Waals surface area contributed by atoms with Gasteiger partial charge in [-0.25, -0.2) is 14.4 Å². The van der Waals surface area contributed by atoms with Crippen LogP contribution >= 0.6 is 0 Å². The Morgan fingerprint density at radius 1 is 0.882 bits per heavy atom. The molecule has 0 saturated carbocycles. The van der Waals surface area contributed by atoms with Gasteiger partial charge >= 0.3 is 24.4 Å². The molecule has 0 amide bonds. The molecule has 1 aromatic carbocycles. The molecule has 12 heteroatoms. The molecule has 1 rings (SSSR count). The van der Waals surface area contributed by atoms with Crippen LogP contribution in [0.1, 0.15) is 25.8 Å². The van der Waals surface area contributed by atoms with E-state index in [0.717, 1.165) is 20.6 Å². The number of esters is 1. The number of hydrogen-bond donors (Lipinski definition) is 1. The SMILES string of the molecule is CCC(C)COC(=O)OCCN[C@@H](Cc1ccc(OC(=O)OC)c(OC(=O)OC)c1)C(=O)OC. The Hall–Kier alpha value is -3.54. The average molecular weight is 485 g/mol. The summed E-state index contributed by atoms with van der Waals surface area (Å²) < 4.78 is 33.7. The lowest BCUT2D eigenvalue weighted by Crippen LogP contribution is -2.41. The molecule has 1 aromatic rings. The zero-order valence-electron chi connectivity index (χ0n) is 19.9. The van der Waals surface area contributed by atoms with E-state index in [9.17, 15) is 19.2 Å². The lowest BCUT2D eigenvalue weighted by atomic mass is 10.1. The predicted molar refractivity (Wildman–Crippen MR) is 117 cm³/mol. The fourth-order valence-electron chi connectivity index (χ4n) is 2.46. The molecule has 2 atom stereocenters. The molecule has 0 aliphatic rings. The van der Waals surface area contributed by atoms with Crippen molar-refractivity contribution < 1.29 is 52.3 Å². The Morgan fingerprint density at radius 3 is 2.12 bits per heavy atom. The normalized spacial score (nSPS) is 12.0. The second-order valence-corrected chi connectivity index (χ2v) is 7.05. The van der Waals surface area contributed by atoms with Gasteiger partial charge in [0, 0.05) is 6.54 Å². The highest BCUT2D eigenvalue weighted by molar-refractivity contribution is 5.76. The summed E-state index contributed by atoms with van der Waals surface area (Å²) in [4.78, 5) is 46.8. The highest BCUT2D eigenvalue weighted by Gasteiger charge is 2.22. The van der Waals surface area contributed by atoms with Crippen LogP contribution in [0.3, 0.4) is 0 Å². The maximum absolute atomic E-state index is 12.2. The minimum absolute atomic E-state index is 0.0323. The lowest BCUT2D eigenvalue weighted by Gasteiger charge is -2.18. The van der Waals surface area contributed by atoms with E-state index < -0.39 is 30.5 Å². The lowest BCUT2D eigenvalue weighted by molar-refractivity contribution is -0.143. The number of methoxy groups -OCH3 is 3. The standard InChI is InChI=1S/C22H31NO11/c1-6-14(2)13-32-22(27)31-10-9-23-16(19(24)28-3)11-15-7-8-17(33-20(25)29-4)18(12-15)34-21(26)30-5/h7-8,12,14,16,23H,6,9-11,13H2,1-5H3/t14?,16-/m0/s1. The minimum Gasteiger partial charge on any atom is -0.468 e. The number of rotatable bonds is 12. The minimum atomic E-state index is -1.04. The molecule has 190 valence electrons. The topological polar surface area (TPSA) is 145 Å². The molecule has 0 heterocycles. The molecule has 34 heavy (non-hydrogen) atoms. The average Bonchev–Trinajstić information content (AvgIpc) is 2.84. The highest BCUT2D eigenvalue weighted by Crippen LogP contribution is 2.30. The van der Waals surface area contributed by atoms with Crippen molar-refractivity contribution in [3.8, 4) is 11.5 Å². The molecular formula is C22H31NO11. The van der Waals surface area contributed by atoms with E-state index in [1.54, 1.807) is 6.07 Å². The molecule has 12 nitrogen and oxygen atoms in total. The summed E-state index contributed by atoms with van der Waals surface area (Å²) in [6.45, 7) is 4.31. The van der Waals surface area contributed by atoms with Crippen LogP contribution in [0.5, 0.6) is 11.5 Å². The van der Waals surface area contributed by atoms with E-state index in [1.165, 1.54) is 19.2 Å². The molecule has 0 spiro atoms. The first kappa shape index (κ1) is 28.5. The Labute approximate surface area is 197 Å². The molecule has 1 N–H and O–H groups in total. The summed E-state index contributed by atoms with van der Waals surface area (Å²) in [6, 6.07) is 3.51. The fraction of sp³-hybridized carbons (Fsp3) is 0.545. The van der Waals surface area contributed by atoms with Gasteiger partial charge in [-0.1, -0.05) is 26.3 Å². The summed E-state index contributed by atoms with van der Waals surface area (Å²) in [5, 5.41) is 2.93. The molecule has 0 aromatic heterocycles. The van der Waals surface area contributed by atoms with E-state index in [2.05, 4.69) is 14.8 Å². The van der Waals surface area contributed by atoms with Crippen LogP contribution in [-0.4, -0.2) is 71.6 Å². The third-order valence-electron chi connectivity index (χ3n) is 4.55.